The molecule has 2 aromatic heterocycles. The Morgan fingerprint density at radius 3 is 2.58 bits per heavy atom. The number of ketones is 1. The van der Waals surface area contributed by atoms with Crippen LogP contribution in [-0.2, 0) is 0 Å². The highest BCUT2D eigenvalue weighted by Gasteiger charge is 2.19. The third kappa shape index (κ3) is 2.14. The predicted molar refractivity (Wildman–Crippen MR) is 73.9 cm³/mol. The van der Waals surface area contributed by atoms with Gasteiger partial charge in [-0.3, -0.25) is 14.2 Å². The van der Waals surface area contributed by atoms with Gasteiger partial charge >= 0.3 is 0 Å². The number of hydrogen-bond acceptors (Lipinski definition) is 4. The first-order valence-corrected chi connectivity index (χ1v) is 6.30. The highest BCUT2D eigenvalue weighted by molar-refractivity contribution is 6.28. The zero-order chi connectivity index (χ0) is 14.3. The predicted octanol–water partition coefficient (Wildman–Crippen LogP) is 2.54. The van der Waals surface area contributed by atoms with Gasteiger partial charge in [0.2, 0.25) is 5.28 Å². The van der Waals surface area contributed by atoms with Crippen molar-refractivity contribution >= 4 is 28.4 Å². The first-order valence-electron chi connectivity index (χ1n) is 5.93. The van der Waals surface area contributed by atoms with Crippen LogP contribution in [0.3, 0.4) is 0 Å². The molecule has 0 N–H and O–H groups in total. The van der Waals surface area contributed by atoms with E-state index in [9.17, 15) is 9.59 Å². The van der Waals surface area contributed by atoms with Gasteiger partial charge in [0.25, 0.3) is 5.56 Å². The molecule has 0 aliphatic rings. The third-order valence-electron chi connectivity index (χ3n) is 3.05. The Balaban J connectivity index is 3.08. The van der Waals surface area contributed by atoms with Crippen LogP contribution in [0, 0.1) is 6.92 Å². The fraction of sp³-hybridized carbons (Fsp3) is 0.385. The first kappa shape index (κ1) is 13.7. The molecule has 0 bridgehead atoms. The molecule has 0 aromatic carbocycles. The number of carbonyl (C=O) groups excluding carboxylic acids is 1. The monoisotopic (exact) mass is 279 g/mol. The molecule has 6 heteroatoms. The van der Waals surface area contributed by atoms with Crippen LogP contribution in [0.1, 0.15) is 42.7 Å². The summed E-state index contributed by atoms with van der Waals surface area (Å²) in [7, 11) is 0. The van der Waals surface area contributed by atoms with E-state index in [1.54, 1.807) is 13.1 Å². The van der Waals surface area contributed by atoms with Crippen molar-refractivity contribution in [2.24, 2.45) is 0 Å². The van der Waals surface area contributed by atoms with E-state index >= 15 is 0 Å². The molecule has 0 saturated heterocycles. The molecule has 2 rings (SSSR count). The summed E-state index contributed by atoms with van der Waals surface area (Å²) in [5.74, 6) is -0.256. The summed E-state index contributed by atoms with van der Waals surface area (Å²) in [6.07, 6.45) is 1.55. The van der Waals surface area contributed by atoms with Gasteiger partial charge < -0.3 is 0 Å². The minimum Gasteiger partial charge on any atom is -0.294 e. The standard InChI is InChI=1S/C13H14ClN3O2/c1-6(2)17-11-9(5-15-13(14)16-11)7(3)10(8(4)18)12(17)19/h5-6H,1-4H3. The van der Waals surface area contributed by atoms with Crippen molar-refractivity contribution < 1.29 is 4.79 Å². The molecule has 0 aliphatic heterocycles. The van der Waals surface area contributed by atoms with Gasteiger partial charge in [0, 0.05) is 17.6 Å². The largest absolute Gasteiger partial charge is 0.294 e. The summed E-state index contributed by atoms with van der Waals surface area (Å²) < 4.78 is 1.48. The summed E-state index contributed by atoms with van der Waals surface area (Å²) in [5.41, 5.74) is 0.915. The van der Waals surface area contributed by atoms with E-state index in [2.05, 4.69) is 9.97 Å². The molecule has 0 radical (unpaired) electrons. The fourth-order valence-corrected chi connectivity index (χ4v) is 2.33. The van der Waals surface area contributed by atoms with Crippen LogP contribution in [0.15, 0.2) is 11.0 Å². The molecule has 5 nitrogen and oxygen atoms in total. The van der Waals surface area contributed by atoms with Crippen LogP contribution < -0.4 is 5.56 Å². The minimum absolute atomic E-state index is 0.0799. The molecule has 2 heterocycles. The summed E-state index contributed by atoms with van der Waals surface area (Å²) >= 11 is 5.80. The van der Waals surface area contributed by atoms with Crippen molar-refractivity contribution in [1.29, 1.82) is 0 Å². The molecule has 0 amide bonds. The molecular formula is C13H14ClN3O2. The lowest BCUT2D eigenvalue weighted by molar-refractivity contribution is 0.101. The normalized spacial score (nSPS) is 11.3. The lowest BCUT2D eigenvalue weighted by Gasteiger charge is -2.16. The van der Waals surface area contributed by atoms with Crippen molar-refractivity contribution in [3.63, 3.8) is 0 Å². The average molecular weight is 280 g/mol. The minimum atomic E-state index is -0.331. The number of nitrogens with zero attached hydrogens (tertiary/aromatic N) is 3. The molecule has 0 spiro atoms. The highest BCUT2D eigenvalue weighted by Crippen LogP contribution is 2.21. The second kappa shape index (κ2) is 4.74. The van der Waals surface area contributed by atoms with Crippen LogP contribution in [0.2, 0.25) is 5.28 Å². The van der Waals surface area contributed by atoms with E-state index in [4.69, 9.17) is 11.6 Å². The topological polar surface area (TPSA) is 64.8 Å². The first-order chi connectivity index (χ1) is 8.84. The number of rotatable bonds is 2. The van der Waals surface area contributed by atoms with Crippen LogP contribution in [0.25, 0.3) is 11.0 Å². The van der Waals surface area contributed by atoms with Gasteiger partial charge in [0.1, 0.15) is 5.65 Å². The second-order valence-corrected chi connectivity index (χ2v) is 5.04. The molecular weight excluding hydrogens is 266 g/mol. The number of halogens is 1. The Morgan fingerprint density at radius 1 is 1.42 bits per heavy atom. The maximum Gasteiger partial charge on any atom is 0.263 e. The smallest absolute Gasteiger partial charge is 0.263 e. The lowest BCUT2D eigenvalue weighted by atomic mass is 10.0. The van der Waals surface area contributed by atoms with Crippen LogP contribution >= 0.6 is 11.6 Å². The maximum atomic E-state index is 12.4. The average Bonchev–Trinajstić information content (AvgIpc) is 2.27. The van der Waals surface area contributed by atoms with Crippen molar-refractivity contribution in [3.8, 4) is 0 Å². The van der Waals surface area contributed by atoms with Crippen molar-refractivity contribution in [3.05, 3.63) is 33.0 Å². The van der Waals surface area contributed by atoms with E-state index in [0.29, 0.717) is 16.6 Å². The van der Waals surface area contributed by atoms with Crippen molar-refractivity contribution in [1.82, 2.24) is 14.5 Å². The van der Waals surface area contributed by atoms with Gasteiger partial charge in [0.15, 0.2) is 5.78 Å². The Morgan fingerprint density at radius 2 is 2.05 bits per heavy atom. The van der Waals surface area contributed by atoms with E-state index in [-0.39, 0.29) is 28.2 Å². The molecule has 0 fully saturated rings. The molecule has 0 unspecified atom stereocenters. The Hall–Kier alpha value is -1.75. The fourth-order valence-electron chi connectivity index (χ4n) is 2.21. The van der Waals surface area contributed by atoms with E-state index < -0.39 is 0 Å². The zero-order valence-corrected chi connectivity index (χ0v) is 11.9. The van der Waals surface area contributed by atoms with Crippen LogP contribution in [0.5, 0.6) is 0 Å². The van der Waals surface area contributed by atoms with Gasteiger partial charge in [-0.15, -0.1) is 0 Å². The number of aromatic nitrogens is 3. The number of pyridine rings is 1. The van der Waals surface area contributed by atoms with E-state index in [1.165, 1.54) is 11.5 Å². The Bertz CT molecular complexity index is 735. The summed E-state index contributed by atoms with van der Waals surface area (Å²) in [5, 5.41) is 0.749. The number of Topliss-reactive ketones (excluding diaryl/α,β-unsaturated/α-hetero) is 1. The lowest BCUT2D eigenvalue weighted by Crippen LogP contribution is -2.29. The number of aryl methyl sites for hydroxylation is 1. The number of fused-ring (bicyclic) bond motifs is 1. The van der Waals surface area contributed by atoms with Crippen LogP contribution in [-0.4, -0.2) is 20.3 Å². The molecule has 100 valence electrons. The van der Waals surface area contributed by atoms with Crippen molar-refractivity contribution in [2.45, 2.75) is 33.7 Å². The van der Waals surface area contributed by atoms with Gasteiger partial charge in [-0.05, 0) is 44.9 Å². The van der Waals surface area contributed by atoms with Crippen molar-refractivity contribution in [2.75, 3.05) is 0 Å². The highest BCUT2D eigenvalue weighted by atomic mass is 35.5. The molecule has 0 aliphatic carbocycles. The van der Waals surface area contributed by atoms with Gasteiger partial charge in [0.05, 0.1) is 5.56 Å². The second-order valence-electron chi connectivity index (χ2n) is 4.70. The van der Waals surface area contributed by atoms with E-state index in [0.717, 1.165) is 0 Å². The van der Waals surface area contributed by atoms with Gasteiger partial charge in [-0.1, -0.05) is 0 Å². The summed E-state index contributed by atoms with van der Waals surface area (Å²) in [4.78, 5) is 32.2. The van der Waals surface area contributed by atoms with Gasteiger partial charge in [-0.2, -0.15) is 4.98 Å². The molecule has 2 aromatic rings. The third-order valence-corrected chi connectivity index (χ3v) is 3.23. The Kier molecular flexibility index (Phi) is 3.41. The van der Waals surface area contributed by atoms with E-state index in [1.807, 2.05) is 13.8 Å². The quantitative estimate of drug-likeness (QED) is 0.626. The molecule has 19 heavy (non-hydrogen) atoms. The van der Waals surface area contributed by atoms with Crippen LogP contribution in [0.4, 0.5) is 0 Å². The maximum absolute atomic E-state index is 12.4. The summed E-state index contributed by atoms with van der Waals surface area (Å²) in [6.45, 7) is 6.83. The zero-order valence-electron chi connectivity index (χ0n) is 11.2. The number of hydrogen-bond donors (Lipinski definition) is 0. The SMILES string of the molecule is CC(=O)c1c(C)c2cnc(Cl)nc2n(C(C)C)c1=O. The summed E-state index contributed by atoms with van der Waals surface area (Å²) in [6, 6.07) is -0.125. The number of carbonyl (C=O) groups is 1. The molecule has 0 atom stereocenters. The van der Waals surface area contributed by atoms with Gasteiger partial charge in [-0.25, -0.2) is 4.98 Å². The Labute approximate surface area is 115 Å². The molecule has 0 saturated carbocycles.